The van der Waals surface area contributed by atoms with E-state index in [4.69, 9.17) is 9.47 Å². The van der Waals surface area contributed by atoms with E-state index in [0.29, 0.717) is 56.9 Å². The van der Waals surface area contributed by atoms with E-state index in [9.17, 15) is 24.3 Å². The molecule has 2 saturated heterocycles. The number of carbonyl (C=O) groups excluding carboxylic acids is 4. The second kappa shape index (κ2) is 17.2. The molecule has 2 aliphatic rings. The Bertz CT molecular complexity index is 1460. The highest BCUT2D eigenvalue weighted by Gasteiger charge is 2.32. The number of rotatable bonds is 11. The van der Waals surface area contributed by atoms with Crippen molar-refractivity contribution < 1.29 is 33.8 Å². The van der Waals surface area contributed by atoms with Gasteiger partial charge in [-0.1, -0.05) is 18.2 Å². The van der Waals surface area contributed by atoms with Crippen LogP contribution in [0.1, 0.15) is 109 Å². The Morgan fingerprint density at radius 3 is 2.20 bits per heavy atom. The van der Waals surface area contributed by atoms with Gasteiger partial charge < -0.3 is 29.7 Å². The number of benzene rings is 1. The first kappa shape index (κ1) is 38.6. The minimum Gasteiger partial charge on any atom is -0.508 e. The number of phenolic OH excluding ortho intramolecular Hbond substituents is 1. The van der Waals surface area contributed by atoms with Gasteiger partial charge in [0, 0.05) is 45.0 Å². The first-order valence-corrected chi connectivity index (χ1v) is 18.0. The van der Waals surface area contributed by atoms with Crippen molar-refractivity contribution in [3.63, 3.8) is 0 Å². The molecule has 274 valence electrons. The number of carbonyl (C=O) groups is 4. The molecule has 11 heteroatoms. The van der Waals surface area contributed by atoms with E-state index in [0.717, 1.165) is 43.2 Å². The number of esters is 1. The lowest BCUT2D eigenvalue weighted by Gasteiger charge is -2.35. The Labute approximate surface area is 297 Å². The summed E-state index contributed by atoms with van der Waals surface area (Å²) < 4.78 is 11.1. The standard InChI is InChI=1S/C39H56N4O7/c1-38(2,3)49-35(46)23-33(31-22-29(24-40-25-31)10-9-27-11-14-32(44)15-12-27)41-36(47)30-8-7-19-43(26-30)34(45)16-13-28-17-20-42(21-18-28)37(48)50-39(4,5)6/h11-12,14-15,22,24-25,28,30,33,44H,7-10,13,16-21,23,26H2,1-6H3,(H,41,47). The molecule has 0 spiro atoms. The zero-order valence-corrected chi connectivity index (χ0v) is 30.7. The molecule has 4 rings (SSSR count). The molecule has 0 bridgehead atoms. The number of nitrogens with one attached hydrogen (secondary N) is 1. The number of aryl methyl sites for hydroxylation is 2. The van der Waals surface area contributed by atoms with Crippen molar-refractivity contribution in [2.45, 2.75) is 117 Å². The van der Waals surface area contributed by atoms with E-state index >= 15 is 0 Å². The van der Waals surface area contributed by atoms with Gasteiger partial charge in [0.05, 0.1) is 18.4 Å². The van der Waals surface area contributed by atoms with E-state index in [1.165, 1.54) is 0 Å². The molecule has 2 atom stereocenters. The molecule has 2 unspecified atom stereocenters. The van der Waals surface area contributed by atoms with Gasteiger partial charge in [-0.25, -0.2) is 4.79 Å². The molecule has 1 aromatic carbocycles. The molecule has 3 heterocycles. The second-order valence-corrected chi connectivity index (χ2v) is 15.8. The van der Waals surface area contributed by atoms with Crippen LogP contribution in [-0.4, -0.2) is 81.1 Å². The molecule has 0 aliphatic carbocycles. The third-order valence-electron chi connectivity index (χ3n) is 9.14. The van der Waals surface area contributed by atoms with E-state index < -0.39 is 29.1 Å². The molecule has 11 nitrogen and oxygen atoms in total. The van der Waals surface area contributed by atoms with Crippen molar-refractivity contribution in [2.24, 2.45) is 11.8 Å². The predicted molar refractivity (Wildman–Crippen MR) is 190 cm³/mol. The van der Waals surface area contributed by atoms with Crippen molar-refractivity contribution in [1.82, 2.24) is 20.1 Å². The molecule has 0 saturated carbocycles. The van der Waals surface area contributed by atoms with Crippen LogP contribution in [0.3, 0.4) is 0 Å². The van der Waals surface area contributed by atoms with Crippen molar-refractivity contribution in [1.29, 1.82) is 0 Å². The molecule has 2 N–H and O–H groups in total. The fraction of sp³-hybridized carbons (Fsp3) is 0.615. The Morgan fingerprint density at radius 2 is 1.54 bits per heavy atom. The van der Waals surface area contributed by atoms with Gasteiger partial charge in [-0.2, -0.15) is 0 Å². The third-order valence-corrected chi connectivity index (χ3v) is 9.14. The summed E-state index contributed by atoms with van der Waals surface area (Å²) in [4.78, 5) is 60.4. The van der Waals surface area contributed by atoms with Crippen molar-refractivity contribution in [2.75, 3.05) is 26.2 Å². The van der Waals surface area contributed by atoms with Gasteiger partial charge in [-0.05, 0) is 121 Å². The predicted octanol–water partition coefficient (Wildman–Crippen LogP) is 6.13. The number of ether oxygens (including phenoxy) is 2. The van der Waals surface area contributed by atoms with Crippen molar-refractivity contribution in [3.05, 3.63) is 59.4 Å². The van der Waals surface area contributed by atoms with Crippen LogP contribution in [0.25, 0.3) is 0 Å². The Kier molecular flexibility index (Phi) is 13.3. The molecule has 2 fully saturated rings. The quantitative estimate of drug-likeness (QED) is 0.269. The first-order chi connectivity index (χ1) is 23.5. The summed E-state index contributed by atoms with van der Waals surface area (Å²) in [6.45, 7) is 13.2. The number of aromatic hydroxyl groups is 1. The van der Waals surface area contributed by atoms with Gasteiger partial charge in [-0.15, -0.1) is 0 Å². The maximum Gasteiger partial charge on any atom is 0.410 e. The summed E-state index contributed by atoms with van der Waals surface area (Å²) in [7, 11) is 0. The van der Waals surface area contributed by atoms with Crippen LogP contribution in [0, 0.1) is 11.8 Å². The summed E-state index contributed by atoms with van der Waals surface area (Å²) in [5, 5.41) is 12.7. The SMILES string of the molecule is CC(C)(C)OC(=O)CC(NC(=O)C1CCCN(C(=O)CCC2CCN(C(=O)OC(C)(C)C)CC2)C1)c1cncc(CCc2ccc(O)cc2)c1. The Balaban J connectivity index is 1.33. The first-order valence-electron chi connectivity index (χ1n) is 18.0. The highest BCUT2D eigenvalue weighted by Crippen LogP contribution is 2.27. The average Bonchev–Trinajstić information content (AvgIpc) is 3.05. The summed E-state index contributed by atoms with van der Waals surface area (Å²) in [5.41, 5.74) is 1.56. The Hall–Kier alpha value is -4.15. The molecule has 2 aromatic rings. The van der Waals surface area contributed by atoms with Crippen LogP contribution in [0.4, 0.5) is 4.79 Å². The molecule has 2 aliphatic heterocycles. The van der Waals surface area contributed by atoms with E-state index in [2.05, 4.69) is 10.3 Å². The second-order valence-electron chi connectivity index (χ2n) is 15.8. The molecular formula is C39H56N4O7. The van der Waals surface area contributed by atoms with Gasteiger partial charge in [-0.3, -0.25) is 19.4 Å². The number of aromatic nitrogens is 1. The van der Waals surface area contributed by atoms with Gasteiger partial charge in [0.25, 0.3) is 0 Å². The van der Waals surface area contributed by atoms with Gasteiger partial charge in [0.15, 0.2) is 0 Å². The maximum atomic E-state index is 13.7. The summed E-state index contributed by atoms with van der Waals surface area (Å²) in [6.07, 6.45) is 8.78. The number of pyridine rings is 1. The summed E-state index contributed by atoms with van der Waals surface area (Å²) in [5.74, 6) is -0.377. The van der Waals surface area contributed by atoms with Crippen LogP contribution in [0.15, 0.2) is 42.7 Å². The van der Waals surface area contributed by atoms with Crippen molar-refractivity contribution >= 4 is 23.9 Å². The molecular weight excluding hydrogens is 636 g/mol. The average molecular weight is 693 g/mol. The zero-order chi connectivity index (χ0) is 36.5. The number of hydrogen-bond donors (Lipinski definition) is 2. The van der Waals surface area contributed by atoms with Gasteiger partial charge in [0.1, 0.15) is 17.0 Å². The number of amides is 3. The van der Waals surface area contributed by atoms with Crippen LogP contribution in [0.5, 0.6) is 5.75 Å². The van der Waals surface area contributed by atoms with Gasteiger partial charge in [0.2, 0.25) is 11.8 Å². The maximum absolute atomic E-state index is 13.7. The van der Waals surface area contributed by atoms with Crippen LogP contribution >= 0.6 is 0 Å². The fourth-order valence-corrected chi connectivity index (χ4v) is 6.51. The molecule has 50 heavy (non-hydrogen) atoms. The molecule has 0 radical (unpaired) electrons. The van der Waals surface area contributed by atoms with E-state index in [1.54, 1.807) is 34.3 Å². The number of piperidine rings is 2. The largest absolute Gasteiger partial charge is 0.508 e. The smallest absolute Gasteiger partial charge is 0.410 e. The van der Waals surface area contributed by atoms with Gasteiger partial charge >= 0.3 is 12.1 Å². The molecule has 3 amide bonds. The minimum absolute atomic E-state index is 0.0474. The van der Waals surface area contributed by atoms with E-state index in [-0.39, 0.29) is 30.1 Å². The topological polar surface area (TPSA) is 138 Å². The Morgan fingerprint density at radius 1 is 0.880 bits per heavy atom. The van der Waals surface area contributed by atoms with Crippen LogP contribution < -0.4 is 5.32 Å². The number of likely N-dealkylation sites (tertiary alicyclic amines) is 2. The zero-order valence-electron chi connectivity index (χ0n) is 30.7. The monoisotopic (exact) mass is 692 g/mol. The van der Waals surface area contributed by atoms with E-state index in [1.807, 2.05) is 59.7 Å². The lowest BCUT2D eigenvalue weighted by Crippen LogP contribution is -2.46. The highest BCUT2D eigenvalue weighted by atomic mass is 16.6. The third kappa shape index (κ3) is 12.6. The lowest BCUT2D eigenvalue weighted by molar-refractivity contribution is -0.155. The lowest BCUT2D eigenvalue weighted by atomic mass is 9.91. The van der Waals surface area contributed by atoms with Crippen LogP contribution in [0.2, 0.25) is 0 Å². The van der Waals surface area contributed by atoms with Crippen molar-refractivity contribution in [3.8, 4) is 5.75 Å². The summed E-state index contributed by atoms with van der Waals surface area (Å²) in [6, 6.07) is 8.42. The fourth-order valence-electron chi connectivity index (χ4n) is 6.51. The number of nitrogens with zero attached hydrogens (tertiary/aromatic N) is 3. The van der Waals surface area contributed by atoms with Crippen LogP contribution in [-0.2, 0) is 36.7 Å². The summed E-state index contributed by atoms with van der Waals surface area (Å²) >= 11 is 0. The minimum atomic E-state index is -0.671. The number of hydrogen-bond acceptors (Lipinski definition) is 8. The normalized spacial score (nSPS) is 17.9. The molecule has 1 aromatic heterocycles. The highest BCUT2D eigenvalue weighted by molar-refractivity contribution is 5.82. The number of phenols is 1.